The molecule has 4 nitrogen and oxygen atoms in total. The maximum absolute atomic E-state index is 13.2. The number of sulfonamides is 1. The van der Waals surface area contributed by atoms with E-state index in [1.165, 1.54) is 0 Å². The van der Waals surface area contributed by atoms with Crippen LogP contribution in [0.4, 0.5) is 10.1 Å². The van der Waals surface area contributed by atoms with Crippen LogP contribution >= 0.6 is 15.9 Å². The van der Waals surface area contributed by atoms with E-state index in [4.69, 9.17) is 5.73 Å². The average Bonchev–Trinajstić information content (AvgIpc) is 2.20. The highest BCUT2D eigenvalue weighted by Gasteiger charge is 2.20. The summed E-state index contributed by atoms with van der Waals surface area (Å²) < 4.78 is 40.0. The lowest BCUT2D eigenvalue weighted by Gasteiger charge is -2.18. The van der Waals surface area contributed by atoms with Gasteiger partial charge in [0.25, 0.3) is 0 Å². The smallest absolute Gasteiger partial charge is 0.241 e. The van der Waals surface area contributed by atoms with Gasteiger partial charge in [0.15, 0.2) is 0 Å². The zero-order valence-electron chi connectivity index (χ0n) is 11.1. The summed E-state index contributed by atoms with van der Waals surface area (Å²) in [6.45, 7) is 6.38. The minimum atomic E-state index is -3.70. The van der Waals surface area contributed by atoms with Crippen LogP contribution in [0, 0.1) is 11.2 Å². The zero-order valence-corrected chi connectivity index (χ0v) is 13.5. The van der Waals surface area contributed by atoms with E-state index in [0.717, 1.165) is 12.1 Å². The van der Waals surface area contributed by atoms with Gasteiger partial charge in [-0.1, -0.05) is 20.8 Å². The van der Waals surface area contributed by atoms with Gasteiger partial charge in [0.05, 0.1) is 10.6 Å². The fraction of sp³-hybridized carbons (Fsp3) is 0.500. The molecule has 0 fully saturated rings. The summed E-state index contributed by atoms with van der Waals surface area (Å²) in [6, 6.07) is 2.16. The van der Waals surface area contributed by atoms with Crippen molar-refractivity contribution in [2.45, 2.75) is 32.1 Å². The molecule has 1 aromatic carbocycles. The van der Waals surface area contributed by atoms with Crippen molar-refractivity contribution in [2.24, 2.45) is 5.41 Å². The van der Waals surface area contributed by atoms with Crippen LogP contribution in [-0.2, 0) is 10.0 Å². The molecule has 0 bridgehead atoms. The quantitative estimate of drug-likeness (QED) is 0.818. The van der Waals surface area contributed by atoms with Crippen LogP contribution in [0.3, 0.4) is 0 Å². The summed E-state index contributed by atoms with van der Waals surface area (Å²) >= 11 is 3.03. The molecular weight excluding hydrogens is 335 g/mol. The molecule has 1 rings (SSSR count). The highest BCUT2D eigenvalue weighted by atomic mass is 79.9. The molecule has 0 saturated heterocycles. The highest BCUT2D eigenvalue weighted by Crippen LogP contribution is 2.27. The van der Waals surface area contributed by atoms with Gasteiger partial charge in [0.1, 0.15) is 5.82 Å². The molecule has 0 atom stereocenters. The van der Waals surface area contributed by atoms with Gasteiger partial charge >= 0.3 is 0 Å². The van der Waals surface area contributed by atoms with Gasteiger partial charge in [-0.15, -0.1) is 0 Å². The van der Waals surface area contributed by atoms with Crippen LogP contribution in [0.2, 0.25) is 0 Å². The molecule has 0 saturated carbocycles. The van der Waals surface area contributed by atoms with Gasteiger partial charge in [-0.05, 0) is 39.9 Å². The predicted octanol–water partition coefficient (Wildman–Crippen LogP) is 2.88. The molecule has 1 aromatic rings. The van der Waals surface area contributed by atoms with E-state index in [9.17, 15) is 12.8 Å². The summed E-state index contributed by atoms with van der Waals surface area (Å²) in [7, 11) is -3.70. The van der Waals surface area contributed by atoms with Crippen LogP contribution in [0.5, 0.6) is 0 Å². The molecule has 0 spiro atoms. The second-order valence-electron chi connectivity index (χ2n) is 5.51. The molecule has 0 radical (unpaired) electrons. The second-order valence-corrected chi connectivity index (χ2v) is 8.10. The Morgan fingerprint density at radius 3 is 2.47 bits per heavy atom. The Balaban J connectivity index is 2.92. The van der Waals surface area contributed by atoms with Crippen molar-refractivity contribution in [1.29, 1.82) is 0 Å². The number of hydrogen-bond acceptors (Lipinski definition) is 3. The molecule has 0 aliphatic heterocycles. The van der Waals surface area contributed by atoms with Gasteiger partial charge in [-0.25, -0.2) is 17.5 Å². The van der Waals surface area contributed by atoms with Gasteiger partial charge < -0.3 is 5.73 Å². The van der Waals surface area contributed by atoms with E-state index in [2.05, 4.69) is 20.7 Å². The number of nitrogens with two attached hydrogens (primary N) is 1. The summed E-state index contributed by atoms with van der Waals surface area (Å²) in [5, 5.41) is 0. The Hall–Kier alpha value is -0.660. The topological polar surface area (TPSA) is 72.2 Å². The Kier molecular flexibility index (Phi) is 4.97. The monoisotopic (exact) mass is 352 g/mol. The largest absolute Gasteiger partial charge is 0.396 e. The van der Waals surface area contributed by atoms with Crippen LogP contribution < -0.4 is 10.5 Å². The Morgan fingerprint density at radius 1 is 1.37 bits per heavy atom. The van der Waals surface area contributed by atoms with E-state index >= 15 is 0 Å². The number of anilines is 1. The fourth-order valence-electron chi connectivity index (χ4n) is 1.39. The molecular formula is C12H18BrFN2O2S. The third-order valence-corrected chi connectivity index (χ3v) is 4.93. The molecule has 3 N–H and O–H groups in total. The maximum atomic E-state index is 13.2. The molecule has 0 unspecified atom stereocenters. The number of nitrogens with one attached hydrogen (secondary N) is 1. The highest BCUT2D eigenvalue weighted by molar-refractivity contribution is 9.10. The SMILES string of the molecule is CC(C)(C)CCNS(=O)(=O)c1cc(N)c(F)cc1Br. The molecule has 0 aromatic heterocycles. The van der Waals surface area contributed by atoms with Crippen LogP contribution in [0.15, 0.2) is 21.5 Å². The van der Waals surface area contributed by atoms with Gasteiger partial charge in [-0.3, -0.25) is 0 Å². The normalized spacial score (nSPS) is 12.7. The maximum Gasteiger partial charge on any atom is 0.241 e. The number of benzene rings is 1. The van der Waals surface area contributed by atoms with Crippen LogP contribution in [0.25, 0.3) is 0 Å². The first-order valence-electron chi connectivity index (χ1n) is 5.77. The summed E-state index contributed by atoms with van der Waals surface area (Å²) in [5.41, 5.74) is 5.23. The van der Waals surface area contributed by atoms with Crippen molar-refractivity contribution < 1.29 is 12.8 Å². The summed E-state index contributed by atoms with van der Waals surface area (Å²) in [5.74, 6) is -0.652. The minimum Gasteiger partial charge on any atom is -0.396 e. The third-order valence-electron chi connectivity index (χ3n) is 2.51. The zero-order chi connectivity index (χ0) is 14.8. The van der Waals surface area contributed by atoms with E-state index in [0.29, 0.717) is 13.0 Å². The first-order valence-corrected chi connectivity index (χ1v) is 8.05. The van der Waals surface area contributed by atoms with Crippen molar-refractivity contribution in [3.63, 3.8) is 0 Å². The molecule has 7 heteroatoms. The van der Waals surface area contributed by atoms with Gasteiger partial charge in [0, 0.05) is 11.0 Å². The van der Waals surface area contributed by atoms with Gasteiger partial charge in [-0.2, -0.15) is 0 Å². The van der Waals surface area contributed by atoms with E-state index in [-0.39, 0.29) is 20.5 Å². The van der Waals surface area contributed by atoms with E-state index in [1.54, 1.807) is 0 Å². The number of nitrogen functional groups attached to an aromatic ring is 1. The molecule has 19 heavy (non-hydrogen) atoms. The predicted molar refractivity (Wildman–Crippen MR) is 77.8 cm³/mol. The number of halogens is 2. The lowest BCUT2D eigenvalue weighted by atomic mass is 9.93. The Bertz CT molecular complexity index is 568. The van der Waals surface area contributed by atoms with Crippen molar-refractivity contribution in [1.82, 2.24) is 4.72 Å². The van der Waals surface area contributed by atoms with Crippen molar-refractivity contribution in [3.05, 3.63) is 22.4 Å². The number of rotatable bonds is 4. The number of hydrogen-bond donors (Lipinski definition) is 2. The lowest BCUT2D eigenvalue weighted by molar-refractivity contribution is 0.378. The fourth-order valence-corrected chi connectivity index (χ4v) is 3.47. The van der Waals surface area contributed by atoms with Crippen molar-refractivity contribution >= 4 is 31.6 Å². The van der Waals surface area contributed by atoms with Crippen molar-refractivity contribution in [2.75, 3.05) is 12.3 Å². The molecule has 0 aliphatic carbocycles. The first-order chi connectivity index (χ1) is 8.53. The van der Waals surface area contributed by atoms with Crippen LogP contribution in [-0.4, -0.2) is 15.0 Å². The standard InChI is InChI=1S/C12H18BrFN2O2S/c1-12(2,3)4-5-16-19(17,18)11-7-10(15)9(14)6-8(11)13/h6-7,16H,4-5,15H2,1-3H3. The van der Waals surface area contributed by atoms with Gasteiger partial charge in [0.2, 0.25) is 10.0 Å². The average molecular weight is 353 g/mol. The molecule has 0 amide bonds. The third kappa shape index (κ3) is 4.74. The molecule has 108 valence electrons. The van der Waals surface area contributed by atoms with Crippen molar-refractivity contribution in [3.8, 4) is 0 Å². The lowest BCUT2D eigenvalue weighted by Crippen LogP contribution is -2.27. The van der Waals surface area contributed by atoms with E-state index < -0.39 is 15.8 Å². The summed E-state index contributed by atoms with van der Waals surface area (Å²) in [4.78, 5) is -0.0553. The molecule has 0 heterocycles. The minimum absolute atomic E-state index is 0.0293. The van der Waals surface area contributed by atoms with E-state index in [1.807, 2.05) is 20.8 Å². The summed E-state index contributed by atoms with van der Waals surface area (Å²) in [6.07, 6.45) is 0.695. The first kappa shape index (κ1) is 16.4. The Labute approximate surface area is 121 Å². The molecule has 0 aliphatic rings. The second kappa shape index (κ2) is 5.76. The van der Waals surface area contributed by atoms with Crippen LogP contribution in [0.1, 0.15) is 27.2 Å². The Morgan fingerprint density at radius 2 is 1.95 bits per heavy atom.